The van der Waals surface area contributed by atoms with Crippen molar-refractivity contribution >= 4 is 17.3 Å². The highest BCUT2D eigenvalue weighted by Gasteiger charge is 2.32. The molecule has 0 bridgehead atoms. The number of halogens is 3. The van der Waals surface area contributed by atoms with Gasteiger partial charge in [0, 0.05) is 19.2 Å². The highest BCUT2D eigenvalue weighted by molar-refractivity contribution is 5.95. The van der Waals surface area contributed by atoms with Crippen LogP contribution in [0.1, 0.15) is 24.2 Å². The summed E-state index contributed by atoms with van der Waals surface area (Å²) in [5, 5.41) is 6.10. The Morgan fingerprint density at radius 3 is 2.65 bits per heavy atom. The van der Waals surface area contributed by atoms with Gasteiger partial charge in [-0.3, -0.25) is 4.79 Å². The Hall–Kier alpha value is -2.71. The lowest BCUT2D eigenvalue weighted by molar-refractivity contribution is -0.137. The molecule has 1 aliphatic rings. The Kier molecular flexibility index (Phi) is 5.06. The van der Waals surface area contributed by atoms with Gasteiger partial charge in [-0.1, -0.05) is 0 Å². The molecule has 0 saturated carbocycles. The smallest absolute Gasteiger partial charge is 0.416 e. The number of benzene rings is 1. The van der Waals surface area contributed by atoms with Crippen molar-refractivity contribution in [2.45, 2.75) is 25.9 Å². The average molecular weight is 369 g/mol. The van der Waals surface area contributed by atoms with E-state index in [1.54, 1.807) is 6.92 Å². The lowest BCUT2D eigenvalue weighted by Gasteiger charge is -2.22. The molecule has 1 saturated heterocycles. The quantitative estimate of drug-likeness (QED) is 0.872. The molecule has 0 aliphatic carbocycles. The number of nitrogens with zero attached hydrogens (tertiary/aromatic N) is 2. The molecule has 0 radical (unpaired) electrons. The van der Waals surface area contributed by atoms with Crippen molar-refractivity contribution in [1.82, 2.24) is 5.16 Å². The Morgan fingerprint density at radius 2 is 2.04 bits per heavy atom. The summed E-state index contributed by atoms with van der Waals surface area (Å²) < 4.78 is 49.0. The lowest BCUT2D eigenvalue weighted by Crippen LogP contribution is -2.24. The molecule has 26 heavy (non-hydrogen) atoms. The van der Waals surface area contributed by atoms with Crippen molar-refractivity contribution < 1.29 is 27.2 Å². The summed E-state index contributed by atoms with van der Waals surface area (Å²) in [6.07, 6.45) is -2.57. The minimum Gasteiger partial charge on any atom is -0.465 e. The second-order valence-electron chi connectivity index (χ2n) is 6.04. The predicted octanol–water partition coefficient (Wildman–Crippen LogP) is 3.62. The van der Waals surface area contributed by atoms with E-state index in [1.807, 2.05) is 4.90 Å². The van der Waals surface area contributed by atoms with Crippen LogP contribution in [0.4, 0.5) is 24.5 Å². The molecule has 0 unspecified atom stereocenters. The number of hydrogen-bond donors (Lipinski definition) is 1. The minimum atomic E-state index is -4.49. The van der Waals surface area contributed by atoms with Crippen molar-refractivity contribution in [2.75, 3.05) is 29.9 Å². The van der Waals surface area contributed by atoms with Crippen LogP contribution in [-0.4, -0.2) is 30.8 Å². The van der Waals surface area contributed by atoms with Crippen LogP contribution in [0.25, 0.3) is 0 Å². The third-order valence-electron chi connectivity index (χ3n) is 4.00. The SMILES string of the molecule is Cc1cc(OCC(=O)Nc2cc(C(F)(F)F)ccc2N2CCCC2)no1. The van der Waals surface area contributed by atoms with Gasteiger partial charge in [0.25, 0.3) is 11.8 Å². The standard InChI is InChI=1S/C17H18F3N3O3/c1-11-8-16(22-26-11)25-10-15(24)21-13-9-12(17(18,19)20)4-5-14(13)23-6-2-3-7-23/h4-5,8-9H,2-3,6-7,10H2,1H3,(H,21,24). The summed E-state index contributed by atoms with van der Waals surface area (Å²) in [7, 11) is 0. The summed E-state index contributed by atoms with van der Waals surface area (Å²) in [5.41, 5.74) is -0.128. The van der Waals surface area contributed by atoms with Crippen LogP contribution in [0.5, 0.6) is 5.88 Å². The van der Waals surface area contributed by atoms with Crippen LogP contribution >= 0.6 is 0 Å². The van der Waals surface area contributed by atoms with Crippen molar-refractivity contribution in [2.24, 2.45) is 0 Å². The number of amides is 1. The van der Waals surface area contributed by atoms with Gasteiger partial charge in [0.15, 0.2) is 6.61 Å². The van der Waals surface area contributed by atoms with Crippen LogP contribution in [-0.2, 0) is 11.0 Å². The van der Waals surface area contributed by atoms with Gasteiger partial charge in [-0.2, -0.15) is 13.2 Å². The van der Waals surface area contributed by atoms with E-state index in [9.17, 15) is 18.0 Å². The van der Waals surface area contributed by atoms with Gasteiger partial charge < -0.3 is 19.5 Å². The third kappa shape index (κ3) is 4.27. The molecule has 1 N–H and O–H groups in total. The Labute approximate surface area is 147 Å². The first-order valence-electron chi connectivity index (χ1n) is 8.15. The number of hydrogen-bond acceptors (Lipinski definition) is 5. The number of anilines is 2. The first kappa shape index (κ1) is 18.1. The molecule has 1 aromatic heterocycles. The van der Waals surface area contributed by atoms with E-state index in [4.69, 9.17) is 9.26 Å². The molecule has 0 atom stereocenters. The Morgan fingerprint density at radius 1 is 1.31 bits per heavy atom. The molecule has 0 spiro atoms. The van der Waals surface area contributed by atoms with E-state index >= 15 is 0 Å². The van der Waals surface area contributed by atoms with Crippen LogP contribution in [0.15, 0.2) is 28.8 Å². The maximum absolute atomic E-state index is 13.0. The maximum Gasteiger partial charge on any atom is 0.416 e. The van der Waals surface area contributed by atoms with Crippen LogP contribution in [0.3, 0.4) is 0 Å². The monoisotopic (exact) mass is 369 g/mol. The molecule has 1 fully saturated rings. The number of carbonyl (C=O) groups excluding carboxylic acids is 1. The lowest BCUT2D eigenvalue weighted by atomic mass is 10.1. The zero-order valence-corrected chi connectivity index (χ0v) is 14.1. The third-order valence-corrected chi connectivity index (χ3v) is 4.00. The first-order valence-corrected chi connectivity index (χ1v) is 8.15. The Balaban J connectivity index is 1.75. The second kappa shape index (κ2) is 7.27. The number of carbonyl (C=O) groups is 1. The van der Waals surface area contributed by atoms with Crippen LogP contribution in [0.2, 0.25) is 0 Å². The molecule has 2 aromatic rings. The predicted molar refractivity (Wildman–Crippen MR) is 88.3 cm³/mol. The fourth-order valence-corrected chi connectivity index (χ4v) is 2.78. The fraction of sp³-hybridized carbons (Fsp3) is 0.412. The topological polar surface area (TPSA) is 67.6 Å². The minimum absolute atomic E-state index is 0.117. The van der Waals surface area contributed by atoms with Gasteiger partial charge in [0.1, 0.15) is 5.76 Å². The summed E-state index contributed by atoms with van der Waals surface area (Å²) >= 11 is 0. The molecule has 140 valence electrons. The molecular weight excluding hydrogens is 351 g/mol. The van der Waals surface area contributed by atoms with Gasteiger partial charge in [0.05, 0.1) is 16.9 Å². The molecule has 6 nitrogen and oxygen atoms in total. The zero-order chi connectivity index (χ0) is 18.7. The molecular formula is C17H18F3N3O3. The summed E-state index contributed by atoms with van der Waals surface area (Å²) in [6.45, 7) is 2.76. The van der Waals surface area contributed by atoms with Gasteiger partial charge in [-0.15, -0.1) is 0 Å². The van der Waals surface area contributed by atoms with Crippen LogP contribution < -0.4 is 15.0 Å². The summed E-state index contributed by atoms with van der Waals surface area (Å²) in [4.78, 5) is 14.1. The highest BCUT2D eigenvalue weighted by atomic mass is 19.4. The van der Waals surface area contributed by atoms with Gasteiger partial charge in [-0.05, 0) is 43.1 Å². The highest BCUT2D eigenvalue weighted by Crippen LogP contribution is 2.36. The normalized spacial score (nSPS) is 14.5. The molecule has 1 aliphatic heterocycles. The Bertz CT molecular complexity index is 783. The number of alkyl halides is 3. The number of nitrogens with one attached hydrogen (secondary N) is 1. The van der Waals surface area contributed by atoms with E-state index in [-0.39, 0.29) is 18.2 Å². The number of rotatable bonds is 5. The maximum atomic E-state index is 13.0. The first-order chi connectivity index (χ1) is 12.3. The van der Waals surface area contributed by atoms with Crippen molar-refractivity contribution in [3.8, 4) is 5.88 Å². The van der Waals surface area contributed by atoms with Gasteiger partial charge in [-0.25, -0.2) is 0 Å². The number of aryl methyl sites for hydroxylation is 1. The molecule has 1 aromatic carbocycles. The zero-order valence-electron chi connectivity index (χ0n) is 14.1. The number of aromatic nitrogens is 1. The van der Waals surface area contributed by atoms with E-state index in [1.165, 1.54) is 12.1 Å². The van der Waals surface area contributed by atoms with Crippen molar-refractivity contribution in [1.29, 1.82) is 0 Å². The van der Waals surface area contributed by atoms with Gasteiger partial charge >= 0.3 is 6.18 Å². The van der Waals surface area contributed by atoms with Crippen molar-refractivity contribution in [3.05, 3.63) is 35.6 Å². The summed E-state index contributed by atoms with van der Waals surface area (Å²) in [5.74, 6) is 0.0847. The largest absolute Gasteiger partial charge is 0.465 e. The molecule has 1 amide bonds. The molecule has 9 heteroatoms. The van der Waals surface area contributed by atoms with E-state index < -0.39 is 17.6 Å². The summed E-state index contributed by atoms with van der Waals surface area (Å²) in [6, 6.07) is 4.88. The van der Waals surface area contributed by atoms with E-state index in [0.717, 1.165) is 38.1 Å². The second-order valence-corrected chi connectivity index (χ2v) is 6.04. The average Bonchev–Trinajstić information content (AvgIpc) is 3.24. The molecule has 3 rings (SSSR count). The molecule has 2 heterocycles. The van der Waals surface area contributed by atoms with E-state index in [2.05, 4.69) is 10.5 Å². The van der Waals surface area contributed by atoms with Crippen LogP contribution in [0, 0.1) is 6.92 Å². The number of ether oxygens (including phenoxy) is 1. The fourth-order valence-electron chi connectivity index (χ4n) is 2.78. The van der Waals surface area contributed by atoms with Crippen molar-refractivity contribution in [3.63, 3.8) is 0 Å². The van der Waals surface area contributed by atoms with E-state index in [0.29, 0.717) is 11.4 Å². The van der Waals surface area contributed by atoms with Gasteiger partial charge in [0.2, 0.25) is 0 Å².